The fourth-order valence-corrected chi connectivity index (χ4v) is 0.939. The summed E-state index contributed by atoms with van der Waals surface area (Å²) in [4.78, 5) is 7.03. The molecule has 0 spiro atoms. The summed E-state index contributed by atoms with van der Waals surface area (Å²) < 4.78 is 4.84. The summed E-state index contributed by atoms with van der Waals surface area (Å²) in [6.45, 7) is 2.51. The van der Waals surface area contributed by atoms with Gasteiger partial charge in [-0.05, 0) is 6.92 Å². The highest BCUT2D eigenvalue weighted by Gasteiger charge is 1.93. The lowest BCUT2D eigenvalue weighted by atomic mass is 10.5. The van der Waals surface area contributed by atoms with Crippen molar-refractivity contribution in [2.45, 2.75) is 13.5 Å². The Morgan fingerprint density at radius 1 is 1.89 bits per heavy atom. The molecule has 0 aliphatic carbocycles. The zero-order chi connectivity index (χ0) is 6.69. The Labute approximate surface area is 67.5 Å². The molecule has 0 atom stereocenters. The summed E-state index contributed by atoms with van der Waals surface area (Å²) in [5.74, 6) is 0.929. The van der Waals surface area contributed by atoms with Gasteiger partial charge in [0.1, 0.15) is 35.4 Å². The van der Waals surface area contributed by atoms with Crippen LogP contribution in [0, 0.1) is 6.92 Å². The molecule has 0 radical (unpaired) electrons. The topological polar surface area (TPSA) is 37.9 Å². The maximum Gasteiger partial charge on any atom is 0.110 e. The second-order valence-corrected chi connectivity index (χ2v) is 2.37. The molecule has 1 rings (SSSR count). The molecule has 0 saturated carbocycles. The van der Waals surface area contributed by atoms with Crippen LogP contribution in [-0.2, 0) is 9.67 Å². The SMILES string of the molecule is Cc1ncc(COI)[nH]1. The van der Waals surface area contributed by atoms with Crippen LogP contribution in [0.4, 0.5) is 0 Å². The van der Waals surface area contributed by atoms with E-state index in [1.807, 2.05) is 29.9 Å². The summed E-state index contributed by atoms with van der Waals surface area (Å²) in [6, 6.07) is 0. The number of halogens is 1. The highest BCUT2D eigenvalue weighted by atomic mass is 127. The van der Waals surface area contributed by atoms with Gasteiger partial charge in [-0.3, -0.25) is 0 Å². The van der Waals surface area contributed by atoms with Crippen LogP contribution in [-0.4, -0.2) is 9.97 Å². The van der Waals surface area contributed by atoms with Crippen molar-refractivity contribution < 1.29 is 3.07 Å². The van der Waals surface area contributed by atoms with Crippen molar-refractivity contribution in [2.75, 3.05) is 0 Å². The number of hydrogen-bond acceptors (Lipinski definition) is 2. The van der Waals surface area contributed by atoms with Gasteiger partial charge in [-0.15, -0.1) is 0 Å². The zero-order valence-corrected chi connectivity index (χ0v) is 7.18. The van der Waals surface area contributed by atoms with Gasteiger partial charge < -0.3 is 8.05 Å². The standard InChI is InChI=1S/C5H7IN2O/c1-4-7-2-5(8-4)3-9-6/h2H,3H2,1H3,(H,7,8). The molecule has 1 heterocycles. The average Bonchev–Trinajstić information content (AvgIpc) is 2.17. The number of nitrogens with one attached hydrogen (secondary N) is 1. The Balaban J connectivity index is 2.61. The Morgan fingerprint density at radius 2 is 2.67 bits per heavy atom. The van der Waals surface area contributed by atoms with E-state index in [1.54, 1.807) is 6.20 Å². The van der Waals surface area contributed by atoms with Crippen molar-refractivity contribution in [3.8, 4) is 0 Å². The molecule has 1 aromatic heterocycles. The van der Waals surface area contributed by atoms with Crippen molar-refractivity contribution in [3.63, 3.8) is 0 Å². The van der Waals surface area contributed by atoms with Gasteiger partial charge in [0, 0.05) is 0 Å². The summed E-state index contributed by atoms with van der Waals surface area (Å²) in [7, 11) is 0. The summed E-state index contributed by atoms with van der Waals surface area (Å²) in [5.41, 5.74) is 1.02. The van der Waals surface area contributed by atoms with Crippen molar-refractivity contribution >= 4 is 23.0 Å². The maximum atomic E-state index is 4.84. The first-order valence-corrected chi connectivity index (χ1v) is 3.45. The zero-order valence-electron chi connectivity index (χ0n) is 5.02. The number of nitrogens with zero attached hydrogens (tertiary/aromatic N) is 1. The Morgan fingerprint density at radius 3 is 3.11 bits per heavy atom. The third kappa shape index (κ3) is 1.94. The summed E-state index contributed by atoms with van der Waals surface area (Å²) in [5, 5.41) is 0. The van der Waals surface area contributed by atoms with Gasteiger partial charge in [0.25, 0.3) is 0 Å². The first-order chi connectivity index (χ1) is 4.33. The molecule has 0 aliphatic heterocycles. The lowest BCUT2D eigenvalue weighted by molar-refractivity contribution is 0.411. The number of aromatic nitrogens is 2. The highest BCUT2D eigenvalue weighted by Crippen LogP contribution is 1.99. The predicted molar refractivity (Wildman–Crippen MR) is 42.1 cm³/mol. The second-order valence-electron chi connectivity index (χ2n) is 1.75. The molecule has 0 saturated heterocycles. The number of hydrogen-bond donors (Lipinski definition) is 1. The Bertz CT molecular complexity index is 187. The lowest BCUT2D eigenvalue weighted by Crippen LogP contribution is -1.82. The minimum Gasteiger partial charge on any atom is -0.344 e. The molecule has 1 N–H and O–H groups in total. The van der Waals surface area contributed by atoms with E-state index in [2.05, 4.69) is 9.97 Å². The van der Waals surface area contributed by atoms with Crippen molar-refractivity contribution in [2.24, 2.45) is 0 Å². The first-order valence-electron chi connectivity index (χ1n) is 2.57. The largest absolute Gasteiger partial charge is 0.344 e. The molecule has 1 aromatic rings. The van der Waals surface area contributed by atoms with Crippen LogP contribution in [0.5, 0.6) is 0 Å². The van der Waals surface area contributed by atoms with Crippen molar-refractivity contribution in [1.29, 1.82) is 0 Å². The smallest absolute Gasteiger partial charge is 0.110 e. The van der Waals surface area contributed by atoms with E-state index in [-0.39, 0.29) is 0 Å². The predicted octanol–water partition coefficient (Wildman–Crippen LogP) is 1.58. The molecule has 0 aromatic carbocycles. The second kappa shape index (κ2) is 3.17. The lowest BCUT2D eigenvalue weighted by Gasteiger charge is -1.87. The molecule has 0 fully saturated rings. The number of aryl methyl sites for hydroxylation is 1. The normalized spacial score (nSPS) is 10.0. The van der Waals surface area contributed by atoms with Gasteiger partial charge >= 0.3 is 0 Å². The fraction of sp³-hybridized carbons (Fsp3) is 0.400. The highest BCUT2D eigenvalue weighted by molar-refractivity contribution is 14.1. The van der Waals surface area contributed by atoms with Gasteiger partial charge in [0.05, 0.1) is 11.9 Å². The average molecular weight is 238 g/mol. The number of aromatic amines is 1. The monoisotopic (exact) mass is 238 g/mol. The quantitative estimate of drug-likeness (QED) is 0.794. The van der Waals surface area contributed by atoms with Crippen molar-refractivity contribution in [1.82, 2.24) is 9.97 Å². The molecule has 50 valence electrons. The van der Waals surface area contributed by atoms with Crippen LogP contribution in [0.15, 0.2) is 6.20 Å². The molecule has 0 unspecified atom stereocenters. The van der Waals surface area contributed by atoms with Crippen LogP contribution in [0.25, 0.3) is 0 Å². The minimum absolute atomic E-state index is 0.599. The fourth-order valence-electron chi connectivity index (χ4n) is 0.604. The van der Waals surface area contributed by atoms with Crippen molar-refractivity contribution in [3.05, 3.63) is 17.7 Å². The van der Waals surface area contributed by atoms with Crippen LogP contribution in [0.3, 0.4) is 0 Å². The molecule has 9 heavy (non-hydrogen) atoms. The van der Waals surface area contributed by atoms with E-state index < -0.39 is 0 Å². The first kappa shape index (κ1) is 7.01. The number of rotatable bonds is 2. The third-order valence-corrected chi connectivity index (χ3v) is 1.28. The van der Waals surface area contributed by atoms with E-state index in [4.69, 9.17) is 3.07 Å². The van der Waals surface area contributed by atoms with Crippen LogP contribution >= 0.6 is 23.0 Å². The molecule has 4 heteroatoms. The van der Waals surface area contributed by atoms with Crippen LogP contribution in [0.1, 0.15) is 11.5 Å². The van der Waals surface area contributed by atoms with E-state index >= 15 is 0 Å². The number of imidazole rings is 1. The number of H-pyrrole nitrogens is 1. The maximum absolute atomic E-state index is 4.84. The van der Waals surface area contributed by atoms with E-state index in [0.29, 0.717) is 6.61 Å². The van der Waals surface area contributed by atoms with Gasteiger partial charge in [-0.25, -0.2) is 4.98 Å². The van der Waals surface area contributed by atoms with Gasteiger partial charge in [-0.1, -0.05) is 0 Å². The van der Waals surface area contributed by atoms with E-state index in [1.165, 1.54) is 0 Å². The third-order valence-electron chi connectivity index (χ3n) is 0.966. The van der Waals surface area contributed by atoms with E-state index in [0.717, 1.165) is 11.5 Å². The van der Waals surface area contributed by atoms with Crippen LogP contribution in [0.2, 0.25) is 0 Å². The minimum atomic E-state index is 0.599. The van der Waals surface area contributed by atoms with E-state index in [9.17, 15) is 0 Å². The molecule has 0 aliphatic rings. The van der Waals surface area contributed by atoms with Gasteiger partial charge in [0.2, 0.25) is 0 Å². The molecular weight excluding hydrogens is 231 g/mol. The molecular formula is C5H7IN2O. The summed E-state index contributed by atoms with van der Waals surface area (Å²) >= 11 is 1.85. The Kier molecular flexibility index (Phi) is 2.47. The molecule has 3 nitrogen and oxygen atoms in total. The van der Waals surface area contributed by atoms with Gasteiger partial charge in [-0.2, -0.15) is 0 Å². The van der Waals surface area contributed by atoms with Gasteiger partial charge in [0.15, 0.2) is 0 Å². The molecule has 0 amide bonds. The molecule has 0 bridgehead atoms. The van der Waals surface area contributed by atoms with Crippen LogP contribution < -0.4 is 0 Å². The Hall–Kier alpha value is -0.100. The summed E-state index contributed by atoms with van der Waals surface area (Å²) in [6.07, 6.45) is 1.77.